The lowest BCUT2D eigenvalue weighted by Crippen LogP contribution is -2.57. The second kappa shape index (κ2) is 9.41. The molecule has 0 atom stereocenters. The normalized spacial score (nSPS) is 15.3. The Hall–Kier alpha value is -3.48. The number of nitrogens with zero attached hydrogens (tertiary/aromatic N) is 2. The van der Waals surface area contributed by atoms with Crippen molar-refractivity contribution in [3.63, 3.8) is 0 Å². The second-order valence-electron chi connectivity index (χ2n) is 8.09. The number of amides is 2. The van der Waals surface area contributed by atoms with E-state index in [9.17, 15) is 9.59 Å². The van der Waals surface area contributed by atoms with Crippen molar-refractivity contribution >= 4 is 58.2 Å². The zero-order chi connectivity index (χ0) is 24.6. The van der Waals surface area contributed by atoms with Crippen molar-refractivity contribution in [1.29, 1.82) is 0 Å². The Kier molecular flexibility index (Phi) is 6.55. The van der Waals surface area contributed by atoms with E-state index in [2.05, 4.69) is 0 Å². The van der Waals surface area contributed by atoms with Crippen molar-refractivity contribution in [3.8, 4) is 5.75 Å². The van der Waals surface area contributed by atoms with E-state index in [4.69, 9.17) is 28.6 Å². The fourth-order valence-electron chi connectivity index (χ4n) is 4.18. The number of benzene rings is 3. The molecule has 7 heteroatoms. The number of aryl methyl sites for hydroxylation is 3. The molecule has 0 N–H and O–H groups in total. The predicted octanol–water partition coefficient (Wildman–Crippen LogP) is 6.02. The van der Waals surface area contributed by atoms with Crippen LogP contribution in [0, 0.1) is 20.8 Å². The highest BCUT2D eigenvalue weighted by atomic mass is 35.5. The summed E-state index contributed by atoms with van der Waals surface area (Å²) in [5.41, 5.74) is 4.52. The molecule has 3 aromatic rings. The largest absolute Gasteiger partial charge is 0.497 e. The summed E-state index contributed by atoms with van der Waals surface area (Å²) in [4.78, 5) is 30.3. The molecule has 1 heterocycles. The van der Waals surface area contributed by atoms with Crippen molar-refractivity contribution in [2.24, 2.45) is 0 Å². The molecule has 1 aliphatic heterocycles. The van der Waals surface area contributed by atoms with E-state index in [1.54, 1.807) is 55.6 Å². The van der Waals surface area contributed by atoms with E-state index in [-0.39, 0.29) is 10.7 Å². The fourth-order valence-corrected chi connectivity index (χ4v) is 4.73. The molecule has 34 heavy (non-hydrogen) atoms. The Morgan fingerprint density at radius 1 is 0.882 bits per heavy atom. The van der Waals surface area contributed by atoms with Crippen LogP contribution >= 0.6 is 23.8 Å². The van der Waals surface area contributed by atoms with Gasteiger partial charge < -0.3 is 4.74 Å². The number of hydrogen-bond acceptors (Lipinski definition) is 4. The minimum atomic E-state index is -0.526. The van der Waals surface area contributed by atoms with E-state index in [1.807, 2.05) is 32.9 Å². The minimum absolute atomic E-state index is 0.0381. The lowest BCUT2D eigenvalue weighted by molar-refractivity contribution is -0.120. The zero-order valence-corrected chi connectivity index (χ0v) is 20.8. The molecule has 4 rings (SSSR count). The average molecular weight is 491 g/mol. The molecule has 1 fully saturated rings. The Morgan fingerprint density at radius 2 is 1.53 bits per heavy atom. The van der Waals surface area contributed by atoms with Crippen LogP contribution in [0.15, 0.2) is 66.2 Å². The molecule has 172 valence electrons. The Balaban J connectivity index is 1.95. The van der Waals surface area contributed by atoms with E-state index < -0.39 is 11.8 Å². The molecule has 0 bridgehead atoms. The molecule has 0 unspecified atom stereocenters. The van der Waals surface area contributed by atoms with Crippen LogP contribution in [0.4, 0.5) is 11.4 Å². The highest BCUT2D eigenvalue weighted by Gasteiger charge is 2.42. The number of halogens is 1. The molecule has 0 saturated carbocycles. The van der Waals surface area contributed by atoms with Crippen LogP contribution in [-0.4, -0.2) is 24.0 Å². The number of methoxy groups -OCH3 is 1. The van der Waals surface area contributed by atoms with Crippen LogP contribution in [0.5, 0.6) is 5.75 Å². The molecule has 0 radical (unpaired) electrons. The molecule has 0 spiro atoms. The van der Waals surface area contributed by atoms with Gasteiger partial charge in [-0.3, -0.25) is 19.4 Å². The summed E-state index contributed by atoms with van der Waals surface area (Å²) < 4.78 is 5.34. The monoisotopic (exact) mass is 490 g/mol. The van der Waals surface area contributed by atoms with Gasteiger partial charge in [0.15, 0.2) is 5.11 Å². The summed E-state index contributed by atoms with van der Waals surface area (Å²) >= 11 is 12.1. The Labute approximate surface area is 209 Å². The van der Waals surface area contributed by atoms with Crippen LogP contribution in [0.25, 0.3) is 6.08 Å². The van der Waals surface area contributed by atoms with E-state index in [0.717, 1.165) is 16.7 Å². The number of carbonyl (C=O) groups excluding carboxylic acids is 2. The number of anilines is 2. The van der Waals surface area contributed by atoms with Gasteiger partial charge in [-0.25, -0.2) is 0 Å². The van der Waals surface area contributed by atoms with Gasteiger partial charge in [-0.15, -0.1) is 0 Å². The summed E-state index contributed by atoms with van der Waals surface area (Å²) in [5.74, 6) is -0.457. The molecule has 0 aliphatic carbocycles. The number of ether oxygens (including phenoxy) is 1. The second-order valence-corrected chi connectivity index (χ2v) is 8.86. The van der Waals surface area contributed by atoms with Gasteiger partial charge in [0, 0.05) is 11.1 Å². The van der Waals surface area contributed by atoms with Gasteiger partial charge in [0.1, 0.15) is 11.3 Å². The molecular formula is C27H23ClN2O3S. The van der Waals surface area contributed by atoms with E-state index in [0.29, 0.717) is 27.7 Å². The minimum Gasteiger partial charge on any atom is -0.497 e. The average Bonchev–Trinajstić information content (AvgIpc) is 2.79. The SMILES string of the molecule is COc1cccc(N2C(=O)/C(=C/c3ccccc3Cl)C(=O)N(c3c(C)cc(C)cc3C)C2=S)c1. The van der Waals surface area contributed by atoms with Gasteiger partial charge >= 0.3 is 0 Å². The third-order valence-corrected chi connectivity index (χ3v) is 6.33. The summed E-state index contributed by atoms with van der Waals surface area (Å²) in [6.07, 6.45) is 1.52. The summed E-state index contributed by atoms with van der Waals surface area (Å²) in [7, 11) is 1.55. The maximum absolute atomic E-state index is 13.8. The quantitative estimate of drug-likeness (QED) is 0.255. The first kappa shape index (κ1) is 23.7. The number of hydrogen-bond donors (Lipinski definition) is 0. The first-order chi connectivity index (χ1) is 16.2. The van der Waals surface area contributed by atoms with Crippen molar-refractivity contribution in [2.75, 3.05) is 16.9 Å². The highest BCUT2D eigenvalue weighted by molar-refractivity contribution is 7.81. The maximum atomic E-state index is 13.8. The van der Waals surface area contributed by atoms with Gasteiger partial charge in [0.05, 0.1) is 18.5 Å². The molecule has 0 aromatic heterocycles. The standard InChI is InChI=1S/C27H23ClN2O3S/c1-16-12-17(2)24(18(3)13-16)30-26(32)22(14-19-8-5-6-11-23(19)28)25(31)29(27(30)34)20-9-7-10-21(15-20)33-4/h5-15H,1-4H3/b22-14-. The van der Waals surface area contributed by atoms with Crippen molar-refractivity contribution in [3.05, 3.63) is 93.5 Å². The van der Waals surface area contributed by atoms with Crippen molar-refractivity contribution in [1.82, 2.24) is 0 Å². The molecule has 1 saturated heterocycles. The van der Waals surface area contributed by atoms with Crippen LogP contribution in [0.3, 0.4) is 0 Å². The zero-order valence-electron chi connectivity index (χ0n) is 19.3. The van der Waals surface area contributed by atoms with Gasteiger partial charge in [0.25, 0.3) is 11.8 Å². The maximum Gasteiger partial charge on any atom is 0.270 e. The van der Waals surface area contributed by atoms with Crippen LogP contribution in [-0.2, 0) is 9.59 Å². The Morgan fingerprint density at radius 3 is 2.18 bits per heavy atom. The third-order valence-electron chi connectivity index (χ3n) is 5.63. The third kappa shape index (κ3) is 4.22. The van der Waals surface area contributed by atoms with Gasteiger partial charge in [-0.1, -0.05) is 53.6 Å². The lowest BCUT2D eigenvalue weighted by atomic mass is 10.0. The Bertz CT molecular complexity index is 1340. The first-order valence-electron chi connectivity index (χ1n) is 10.6. The van der Waals surface area contributed by atoms with E-state index >= 15 is 0 Å². The topological polar surface area (TPSA) is 49.9 Å². The van der Waals surface area contributed by atoms with Crippen molar-refractivity contribution in [2.45, 2.75) is 20.8 Å². The number of carbonyl (C=O) groups is 2. The molecule has 3 aromatic carbocycles. The molecular weight excluding hydrogens is 468 g/mol. The molecule has 5 nitrogen and oxygen atoms in total. The summed E-state index contributed by atoms with van der Waals surface area (Å²) in [5, 5.41) is 0.514. The fraction of sp³-hybridized carbons (Fsp3) is 0.148. The van der Waals surface area contributed by atoms with Crippen LogP contribution in [0.1, 0.15) is 22.3 Å². The van der Waals surface area contributed by atoms with Gasteiger partial charge in [0.2, 0.25) is 0 Å². The summed E-state index contributed by atoms with van der Waals surface area (Å²) in [6, 6.07) is 18.0. The smallest absolute Gasteiger partial charge is 0.270 e. The lowest BCUT2D eigenvalue weighted by Gasteiger charge is -2.38. The van der Waals surface area contributed by atoms with E-state index in [1.165, 1.54) is 15.9 Å². The van der Waals surface area contributed by atoms with Crippen LogP contribution in [0.2, 0.25) is 5.02 Å². The van der Waals surface area contributed by atoms with Crippen LogP contribution < -0.4 is 14.5 Å². The van der Waals surface area contributed by atoms with Gasteiger partial charge in [-0.05, 0) is 74.0 Å². The molecule has 1 aliphatic rings. The number of rotatable bonds is 4. The summed E-state index contributed by atoms with van der Waals surface area (Å²) in [6.45, 7) is 5.85. The first-order valence-corrected chi connectivity index (χ1v) is 11.4. The predicted molar refractivity (Wildman–Crippen MR) is 141 cm³/mol. The number of thiocarbonyl (C=S) groups is 1. The van der Waals surface area contributed by atoms with Gasteiger partial charge in [-0.2, -0.15) is 0 Å². The molecule has 2 amide bonds. The van der Waals surface area contributed by atoms with Crippen molar-refractivity contribution < 1.29 is 14.3 Å². The highest BCUT2D eigenvalue weighted by Crippen LogP contribution is 2.35.